The summed E-state index contributed by atoms with van der Waals surface area (Å²) in [6, 6.07) is 12.9. The molecule has 0 atom stereocenters. The van der Waals surface area contributed by atoms with E-state index in [1.54, 1.807) is 12.1 Å². The van der Waals surface area contributed by atoms with Gasteiger partial charge in [-0.1, -0.05) is 18.2 Å². The van der Waals surface area contributed by atoms with Crippen molar-refractivity contribution in [3.05, 3.63) is 76.7 Å². The van der Waals surface area contributed by atoms with E-state index in [-0.39, 0.29) is 18.1 Å². The van der Waals surface area contributed by atoms with Crippen LogP contribution in [-0.2, 0) is 11.2 Å². The third kappa shape index (κ3) is 4.30. The lowest BCUT2D eigenvalue weighted by atomic mass is 10.1. The number of hydrogen-bond acceptors (Lipinski definition) is 4. The zero-order valence-corrected chi connectivity index (χ0v) is 15.6. The summed E-state index contributed by atoms with van der Waals surface area (Å²) >= 11 is 1.17. The Labute approximate surface area is 167 Å². The fraction of sp³-hybridized carbons (Fsp3) is 0.0500. The number of carbonyl (C=O) groups excluding carboxylic acids is 2. The van der Waals surface area contributed by atoms with E-state index in [9.17, 15) is 18.4 Å². The summed E-state index contributed by atoms with van der Waals surface area (Å²) in [5, 5.41) is 12.7. The summed E-state index contributed by atoms with van der Waals surface area (Å²) in [4.78, 5) is 25.7. The number of benzene rings is 2. The summed E-state index contributed by atoms with van der Waals surface area (Å²) in [5.41, 5.74) is 1.01. The lowest BCUT2D eigenvalue weighted by Crippen LogP contribution is -2.15. The van der Waals surface area contributed by atoms with Crippen molar-refractivity contribution in [1.82, 2.24) is 10.2 Å². The molecule has 2 aromatic heterocycles. The number of carbonyl (C=O) groups is 2. The fourth-order valence-corrected chi connectivity index (χ4v) is 3.64. The zero-order valence-electron chi connectivity index (χ0n) is 14.8. The van der Waals surface area contributed by atoms with E-state index < -0.39 is 11.7 Å². The minimum absolute atomic E-state index is 0.0612. The van der Waals surface area contributed by atoms with Crippen LogP contribution in [0, 0.1) is 11.6 Å². The molecule has 0 aliphatic rings. The minimum atomic E-state index is -0.448. The van der Waals surface area contributed by atoms with Gasteiger partial charge in [-0.05, 0) is 42.0 Å². The van der Waals surface area contributed by atoms with Gasteiger partial charge in [-0.15, -0.1) is 11.3 Å². The number of fused-ring (bicyclic) bond motifs is 1. The van der Waals surface area contributed by atoms with Crippen LogP contribution in [0.1, 0.15) is 15.2 Å². The summed E-state index contributed by atoms with van der Waals surface area (Å²) < 4.78 is 26.2. The molecule has 9 heteroatoms. The first-order chi connectivity index (χ1) is 14.0. The van der Waals surface area contributed by atoms with Crippen LogP contribution in [0.4, 0.5) is 20.3 Å². The first kappa shape index (κ1) is 18.8. The SMILES string of the molecule is O=C(Cc1ccc(F)cc1)Nc1n[nH]c2sc(C(=O)Nc3cccc(F)c3)cc12. The molecule has 2 amide bonds. The number of rotatable bonds is 5. The predicted molar refractivity (Wildman–Crippen MR) is 107 cm³/mol. The van der Waals surface area contributed by atoms with E-state index in [1.165, 1.54) is 53.8 Å². The van der Waals surface area contributed by atoms with Gasteiger partial charge in [-0.25, -0.2) is 8.78 Å². The van der Waals surface area contributed by atoms with E-state index in [4.69, 9.17) is 0 Å². The topological polar surface area (TPSA) is 86.9 Å². The monoisotopic (exact) mass is 412 g/mol. The molecular formula is C20H14F2N4O2S. The third-order valence-electron chi connectivity index (χ3n) is 4.10. The Morgan fingerprint density at radius 2 is 1.79 bits per heavy atom. The summed E-state index contributed by atoms with van der Waals surface area (Å²) in [6.07, 6.45) is 0.0612. The average molecular weight is 412 g/mol. The van der Waals surface area contributed by atoms with Crippen LogP contribution in [0.5, 0.6) is 0 Å². The molecule has 0 fully saturated rings. The van der Waals surface area contributed by atoms with E-state index in [0.717, 1.165) is 0 Å². The van der Waals surface area contributed by atoms with Gasteiger partial charge in [-0.3, -0.25) is 14.7 Å². The number of H-pyrrole nitrogens is 1. The molecule has 4 aromatic rings. The Morgan fingerprint density at radius 3 is 2.55 bits per heavy atom. The van der Waals surface area contributed by atoms with Crippen molar-refractivity contribution in [2.24, 2.45) is 0 Å². The number of amides is 2. The summed E-state index contributed by atoms with van der Waals surface area (Å²) in [6.45, 7) is 0. The fourth-order valence-electron chi connectivity index (χ4n) is 2.75. The molecule has 2 aromatic carbocycles. The molecule has 0 aliphatic heterocycles. The minimum Gasteiger partial charge on any atom is -0.321 e. The zero-order chi connectivity index (χ0) is 20.4. The number of thiophene rings is 1. The molecule has 146 valence electrons. The number of nitrogens with zero attached hydrogens (tertiary/aromatic N) is 1. The molecule has 0 saturated carbocycles. The van der Waals surface area contributed by atoms with Crippen molar-refractivity contribution in [2.75, 3.05) is 10.6 Å². The molecule has 29 heavy (non-hydrogen) atoms. The number of aromatic amines is 1. The van der Waals surface area contributed by atoms with Crippen molar-refractivity contribution in [2.45, 2.75) is 6.42 Å². The Morgan fingerprint density at radius 1 is 1.00 bits per heavy atom. The maximum absolute atomic E-state index is 13.3. The number of aromatic nitrogens is 2. The number of nitrogens with one attached hydrogen (secondary N) is 3. The van der Waals surface area contributed by atoms with Gasteiger partial charge in [0.1, 0.15) is 16.5 Å². The Balaban J connectivity index is 1.47. The Bertz CT molecular complexity index is 1200. The lowest BCUT2D eigenvalue weighted by Gasteiger charge is -2.03. The van der Waals surface area contributed by atoms with Crippen molar-refractivity contribution < 1.29 is 18.4 Å². The van der Waals surface area contributed by atoms with Gasteiger partial charge in [0, 0.05) is 5.69 Å². The van der Waals surface area contributed by atoms with E-state index in [0.29, 0.717) is 32.2 Å². The van der Waals surface area contributed by atoms with Gasteiger partial charge in [0.25, 0.3) is 5.91 Å². The normalized spacial score (nSPS) is 10.8. The molecule has 0 saturated heterocycles. The van der Waals surface area contributed by atoms with Crippen molar-refractivity contribution in [1.29, 1.82) is 0 Å². The second kappa shape index (κ2) is 7.80. The molecule has 0 bridgehead atoms. The van der Waals surface area contributed by atoms with Crippen molar-refractivity contribution >= 4 is 44.9 Å². The highest BCUT2D eigenvalue weighted by molar-refractivity contribution is 7.20. The van der Waals surface area contributed by atoms with Crippen molar-refractivity contribution in [3.63, 3.8) is 0 Å². The maximum atomic E-state index is 13.3. The smallest absolute Gasteiger partial charge is 0.265 e. The van der Waals surface area contributed by atoms with Crippen LogP contribution in [0.2, 0.25) is 0 Å². The largest absolute Gasteiger partial charge is 0.321 e. The number of hydrogen-bond donors (Lipinski definition) is 3. The molecule has 2 heterocycles. The molecular weight excluding hydrogens is 398 g/mol. The molecule has 0 aliphatic carbocycles. The van der Waals surface area contributed by atoms with Gasteiger partial charge < -0.3 is 10.6 Å². The van der Waals surface area contributed by atoms with E-state index in [2.05, 4.69) is 20.8 Å². The second-order valence-electron chi connectivity index (χ2n) is 6.24. The molecule has 6 nitrogen and oxygen atoms in total. The Kier molecular flexibility index (Phi) is 5.05. The molecule has 4 rings (SSSR count). The summed E-state index contributed by atoms with van der Waals surface area (Å²) in [5.74, 6) is -1.23. The van der Waals surface area contributed by atoms with E-state index in [1.807, 2.05) is 0 Å². The maximum Gasteiger partial charge on any atom is 0.265 e. The average Bonchev–Trinajstić information content (AvgIpc) is 3.26. The van der Waals surface area contributed by atoms with Crippen LogP contribution < -0.4 is 10.6 Å². The van der Waals surface area contributed by atoms with Crippen molar-refractivity contribution in [3.8, 4) is 0 Å². The van der Waals surface area contributed by atoms with Gasteiger partial charge in [-0.2, -0.15) is 5.10 Å². The van der Waals surface area contributed by atoms with Gasteiger partial charge >= 0.3 is 0 Å². The van der Waals surface area contributed by atoms with Gasteiger partial charge in [0.15, 0.2) is 5.82 Å². The molecule has 3 N–H and O–H groups in total. The predicted octanol–water partition coefficient (Wildman–Crippen LogP) is 4.34. The number of halogens is 2. The second-order valence-corrected chi connectivity index (χ2v) is 7.29. The van der Waals surface area contributed by atoms with E-state index >= 15 is 0 Å². The van der Waals surface area contributed by atoms with Crippen LogP contribution in [0.15, 0.2) is 54.6 Å². The Hall–Kier alpha value is -3.59. The van der Waals surface area contributed by atoms with Gasteiger partial charge in [0.05, 0.1) is 16.7 Å². The molecule has 0 unspecified atom stereocenters. The third-order valence-corrected chi connectivity index (χ3v) is 5.14. The lowest BCUT2D eigenvalue weighted by molar-refractivity contribution is -0.115. The van der Waals surface area contributed by atoms with Crippen LogP contribution >= 0.6 is 11.3 Å². The first-order valence-corrected chi connectivity index (χ1v) is 9.39. The highest BCUT2D eigenvalue weighted by Gasteiger charge is 2.17. The van der Waals surface area contributed by atoms with Crippen LogP contribution in [0.25, 0.3) is 10.2 Å². The molecule has 0 radical (unpaired) electrons. The van der Waals surface area contributed by atoms with Gasteiger partial charge in [0.2, 0.25) is 5.91 Å². The standard InChI is InChI=1S/C20H14F2N4O2S/c21-12-6-4-11(5-7-12)8-17(27)24-18-15-10-16(29-20(15)26-25-18)19(28)23-14-3-1-2-13(22)9-14/h1-7,9-10H,8H2,(H,23,28)(H2,24,25,26,27). The highest BCUT2D eigenvalue weighted by atomic mass is 32.1. The molecule has 0 spiro atoms. The quantitative estimate of drug-likeness (QED) is 0.456. The van der Waals surface area contributed by atoms with Crippen LogP contribution in [0.3, 0.4) is 0 Å². The van der Waals surface area contributed by atoms with Crippen LogP contribution in [-0.4, -0.2) is 22.0 Å². The first-order valence-electron chi connectivity index (χ1n) is 8.57. The summed E-state index contributed by atoms with van der Waals surface area (Å²) in [7, 11) is 0. The highest BCUT2D eigenvalue weighted by Crippen LogP contribution is 2.30. The number of anilines is 2.